The van der Waals surface area contributed by atoms with Gasteiger partial charge in [0.1, 0.15) is 16.3 Å². The van der Waals surface area contributed by atoms with Crippen molar-refractivity contribution in [2.24, 2.45) is 5.10 Å². The molecule has 0 saturated heterocycles. The van der Waals surface area contributed by atoms with Gasteiger partial charge in [0.05, 0.1) is 10.4 Å². The van der Waals surface area contributed by atoms with E-state index in [-0.39, 0.29) is 5.88 Å². The molecule has 0 spiro atoms. The predicted octanol–water partition coefficient (Wildman–Crippen LogP) is 4.26. The third-order valence-electron chi connectivity index (χ3n) is 4.24. The Kier molecular flexibility index (Phi) is 4.44. The Morgan fingerprint density at radius 3 is 2.76 bits per heavy atom. The number of hydrogen-bond acceptors (Lipinski definition) is 8. The molecule has 0 unspecified atom stereocenters. The van der Waals surface area contributed by atoms with E-state index in [1.54, 1.807) is 12.1 Å². The molecular weight excluding hydrogens is 415 g/mol. The summed E-state index contributed by atoms with van der Waals surface area (Å²) < 4.78 is 11.4. The van der Waals surface area contributed by atoms with Gasteiger partial charge in [-0.25, -0.2) is 10.5 Å². The Morgan fingerprint density at radius 2 is 1.93 bits per heavy atom. The molecule has 0 amide bonds. The van der Waals surface area contributed by atoms with Gasteiger partial charge in [-0.2, -0.15) is 0 Å². The number of aromatic nitrogens is 2. The molecule has 0 saturated carbocycles. The molecule has 0 fully saturated rings. The minimum absolute atomic E-state index is 0.267. The number of pyridine rings is 1. The third kappa shape index (κ3) is 3.44. The Morgan fingerprint density at radius 1 is 1.00 bits per heavy atom. The van der Waals surface area contributed by atoms with Crippen LogP contribution in [-0.2, 0) is 0 Å². The summed E-state index contributed by atoms with van der Waals surface area (Å²) in [6, 6.07) is 14.7. The van der Waals surface area contributed by atoms with Crippen molar-refractivity contribution in [3.8, 4) is 23.0 Å². The van der Waals surface area contributed by atoms with E-state index in [4.69, 9.17) is 32.5 Å². The molecule has 8 nitrogen and oxygen atoms in total. The second-order valence-electron chi connectivity index (χ2n) is 6.14. The lowest BCUT2D eigenvalue weighted by Gasteiger charge is -2.07. The molecule has 144 valence electrons. The molecule has 2 aromatic heterocycles. The lowest BCUT2D eigenvalue weighted by molar-refractivity contribution is 0.439. The van der Waals surface area contributed by atoms with Gasteiger partial charge in [-0.3, -0.25) is 5.43 Å². The van der Waals surface area contributed by atoms with Gasteiger partial charge >= 0.3 is 0 Å². The van der Waals surface area contributed by atoms with Gasteiger partial charge in [0.25, 0.3) is 0 Å². The van der Waals surface area contributed by atoms with Crippen LogP contribution < -0.4 is 21.2 Å². The summed E-state index contributed by atoms with van der Waals surface area (Å²) in [6.07, 6.45) is 1.47. The minimum atomic E-state index is 0.267. The van der Waals surface area contributed by atoms with Gasteiger partial charge in [0.2, 0.25) is 5.88 Å². The van der Waals surface area contributed by atoms with Crippen LogP contribution in [0.3, 0.4) is 0 Å². The van der Waals surface area contributed by atoms with Gasteiger partial charge < -0.3 is 9.26 Å². The van der Waals surface area contributed by atoms with Crippen LogP contribution in [0.1, 0.15) is 5.56 Å². The summed E-state index contributed by atoms with van der Waals surface area (Å²) in [5, 5.41) is 9.87. The average molecular weight is 427 g/mol. The zero-order valence-corrected chi connectivity index (χ0v) is 16.1. The Balaban J connectivity index is 1.51. The van der Waals surface area contributed by atoms with E-state index >= 15 is 0 Å². The summed E-state index contributed by atoms with van der Waals surface area (Å²) in [5.41, 5.74) is 10.7. The van der Waals surface area contributed by atoms with Crippen LogP contribution in [0, 0.1) is 0 Å². The molecule has 0 atom stereocenters. The van der Waals surface area contributed by atoms with Crippen molar-refractivity contribution < 1.29 is 9.26 Å². The lowest BCUT2D eigenvalue weighted by Crippen LogP contribution is -2.35. The van der Waals surface area contributed by atoms with Crippen molar-refractivity contribution in [3.63, 3.8) is 0 Å². The molecule has 29 heavy (non-hydrogen) atoms. The van der Waals surface area contributed by atoms with Crippen LogP contribution in [0.15, 0.2) is 64.4 Å². The van der Waals surface area contributed by atoms with E-state index in [0.717, 1.165) is 22.0 Å². The van der Waals surface area contributed by atoms with Crippen molar-refractivity contribution in [1.29, 1.82) is 0 Å². The molecule has 1 aliphatic rings. The smallest absolute Gasteiger partial charge is 0.238 e. The van der Waals surface area contributed by atoms with Crippen molar-refractivity contribution >= 4 is 39.9 Å². The van der Waals surface area contributed by atoms with Crippen molar-refractivity contribution in [2.75, 3.05) is 0 Å². The number of nitrogens with zero attached hydrogens (tertiary/aromatic N) is 3. The van der Waals surface area contributed by atoms with E-state index in [1.165, 1.54) is 6.20 Å². The van der Waals surface area contributed by atoms with E-state index in [1.807, 2.05) is 36.4 Å². The number of amidine groups is 1. The van der Waals surface area contributed by atoms with E-state index < -0.39 is 0 Å². The standard InChI is InChI=1S/C19H12Cl2N6O2/c20-12-8-15(21)19(22-9-12)28-13-3-1-2-10(6-13)17-14-7-11(18-23-26-27-24-18)4-5-16(14)25-29-17/h1-9,26-27H,(H,23,24). The Bertz CT molecular complexity index is 1260. The molecule has 1 aliphatic heterocycles. The highest BCUT2D eigenvalue weighted by molar-refractivity contribution is 6.35. The number of halogens is 2. The van der Waals surface area contributed by atoms with Crippen LogP contribution in [0.4, 0.5) is 0 Å². The number of rotatable bonds is 4. The van der Waals surface area contributed by atoms with Crippen molar-refractivity contribution in [3.05, 3.63) is 70.3 Å². The number of benzene rings is 2. The molecule has 0 radical (unpaired) electrons. The number of hydrazone groups is 1. The second-order valence-corrected chi connectivity index (χ2v) is 6.98. The van der Waals surface area contributed by atoms with Crippen LogP contribution in [0.5, 0.6) is 11.6 Å². The number of fused-ring (bicyclic) bond motifs is 1. The zero-order valence-electron chi connectivity index (χ0n) is 14.6. The maximum Gasteiger partial charge on any atom is 0.238 e. The van der Waals surface area contributed by atoms with E-state index in [9.17, 15) is 0 Å². The fourth-order valence-corrected chi connectivity index (χ4v) is 3.34. The number of ether oxygens (including phenoxy) is 1. The van der Waals surface area contributed by atoms with Gasteiger partial charge in [-0.1, -0.05) is 40.5 Å². The highest BCUT2D eigenvalue weighted by atomic mass is 35.5. The lowest BCUT2D eigenvalue weighted by atomic mass is 10.1. The van der Waals surface area contributed by atoms with Crippen LogP contribution in [0.2, 0.25) is 10.0 Å². The minimum Gasteiger partial charge on any atom is -0.438 e. The molecule has 0 aliphatic carbocycles. The first-order chi connectivity index (χ1) is 14.2. The predicted molar refractivity (Wildman–Crippen MR) is 110 cm³/mol. The molecule has 3 heterocycles. The first-order valence-electron chi connectivity index (χ1n) is 8.50. The van der Waals surface area contributed by atoms with Crippen LogP contribution >= 0.6 is 23.2 Å². The molecule has 4 aromatic rings. The van der Waals surface area contributed by atoms with E-state index in [0.29, 0.717) is 27.4 Å². The third-order valence-corrected chi connectivity index (χ3v) is 4.72. The molecular formula is C19H12Cl2N6O2. The van der Waals surface area contributed by atoms with Gasteiger partial charge in [-0.15, -0.1) is 10.6 Å². The maximum atomic E-state index is 6.15. The zero-order chi connectivity index (χ0) is 19.8. The Hall–Kier alpha value is -3.33. The first kappa shape index (κ1) is 17.7. The van der Waals surface area contributed by atoms with Crippen LogP contribution in [0.25, 0.3) is 22.2 Å². The van der Waals surface area contributed by atoms with Gasteiger partial charge in [0.15, 0.2) is 11.6 Å². The average Bonchev–Trinajstić information content (AvgIpc) is 3.40. The molecule has 5 rings (SSSR count). The summed E-state index contributed by atoms with van der Waals surface area (Å²) in [7, 11) is 0. The fraction of sp³-hybridized carbons (Fsp3) is 0. The molecule has 3 N–H and O–H groups in total. The monoisotopic (exact) mass is 426 g/mol. The summed E-state index contributed by atoms with van der Waals surface area (Å²) in [5.74, 6) is 2.10. The van der Waals surface area contributed by atoms with Gasteiger partial charge in [-0.05, 0) is 36.4 Å². The molecule has 10 heteroatoms. The molecule has 0 bridgehead atoms. The topological polar surface area (TPSA) is 96.6 Å². The summed E-state index contributed by atoms with van der Waals surface area (Å²) in [4.78, 5) is 4.12. The van der Waals surface area contributed by atoms with Crippen molar-refractivity contribution in [1.82, 2.24) is 26.6 Å². The SMILES string of the molecule is Clc1cnc(Oc2cccc(-c3onc4ccc(C5=NNNN5)cc34)c2)c(Cl)c1. The fourth-order valence-electron chi connectivity index (χ4n) is 2.92. The largest absolute Gasteiger partial charge is 0.438 e. The summed E-state index contributed by atoms with van der Waals surface area (Å²) >= 11 is 12.0. The second kappa shape index (κ2) is 7.25. The number of hydrogen-bond donors (Lipinski definition) is 3. The normalized spacial score (nSPS) is 13.1. The number of hydrazine groups is 2. The summed E-state index contributed by atoms with van der Waals surface area (Å²) in [6.45, 7) is 0. The van der Waals surface area contributed by atoms with Crippen molar-refractivity contribution in [2.45, 2.75) is 0 Å². The van der Waals surface area contributed by atoms with Crippen LogP contribution in [-0.4, -0.2) is 16.0 Å². The first-order valence-corrected chi connectivity index (χ1v) is 9.26. The van der Waals surface area contributed by atoms with E-state index in [2.05, 4.69) is 31.7 Å². The molecule has 2 aromatic carbocycles. The highest BCUT2D eigenvalue weighted by Gasteiger charge is 2.16. The maximum absolute atomic E-state index is 6.15. The highest BCUT2D eigenvalue weighted by Crippen LogP contribution is 2.34. The Labute approximate surface area is 174 Å². The van der Waals surface area contributed by atoms with Gasteiger partial charge in [0, 0.05) is 17.3 Å². The quantitative estimate of drug-likeness (QED) is 0.448. The number of nitrogens with one attached hydrogen (secondary N) is 3.